The van der Waals surface area contributed by atoms with Gasteiger partial charge < -0.3 is 10.6 Å². The van der Waals surface area contributed by atoms with Crippen LogP contribution in [0.2, 0.25) is 0 Å². The molecule has 1 atom stereocenters. The summed E-state index contributed by atoms with van der Waals surface area (Å²) in [6, 6.07) is 4.33. The van der Waals surface area contributed by atoms with Gasteiger partial charge in [0.15, 0.2) is 0 Å². The molecule has 0 aliphatic rings. The third kappa shape index (κ3) is 2.61. The SMILES string of the molecule is CC(N(C)c1cccnc1N)C(C)(C)C. The maximum Gasteiger partial charge on any atom is 0.146 e. The van der Waals surface area contributed by atoms with Crippen molar-refractivity contribution in [3.63, 3.8) is 0 Å². The average Bonchev–Trinajstić information content (AvgIpc) is 2.15. The van der Waals surface area contributed by atoms with Crippen LogP contribution in [0.25, 0.3) is 0 Å². The standard InChI is InChI=1S/C12H21N3/c1-9(12(2,3)4)15(5)10-7-6-8-14-11(10)13/h6-9H,1-5H3,(H2,13,14). The van der Waals surface area contributed by atoms with E-state index in [0.717, 1.165) is 5.69 Å². The fraction of sp³-hybridized carbons (Fsp3) is 0.583. The first-order valence-electron chi connectivity index (χ1n) is 5.27. The van der Waals surface area contributed by atoms with E-state index in [0.29, 0.717) is 11.9 Å². The number of hydrogen-bond donors (Lipinski definition) is 1. The van der Waals surface area contributed by atoms with Crippen molar-refractivity contribution >= 4 is 11.5 Å². The molecule has 0 amide bonds. The zero-order chi connectivity index (χ0) is 11.6. The minimum absolute atomic E-state index is 0.219. The van der Waals surface area contributed by atoms with Crippen molar-refractivity contribution in [2.45, 2.75) is 33.7 Å². The summed E-state index contributed by atoms with van der Waals surface area (Å²) in [5.41, 5.74) is 7.07. The lowest BCUT2D eigenvalue weighted by Crippen LogP contribution is -2.39. The van der Waals surface area contributed by atoms with E-state index in [1.165, 1.54) is 0 Å². The molecule has 0 spiro atoms. The van der Waals surface area contributed by atoms with Crippen LogP contribution in [-0.2, 0) is 0 Å². The molecule has 1 aromatic rings. The van der Waals surface area contributed by atoms with E-state index in [2.05, 4.69) is 44.6 Å². The Morgan fingerprint density at radius 1 is 1.40 bits per heavy atom. The second-order valence-electron chi connectivity index (χ2n) is 5.06. The van der Waals surface area contributed by atoms with Gasteiger partial charge in [0.2, 0.25) is 0 Å². The number of hydrogen-bond acceptors (Lipinski definition) is 3. The monoisotopic (exact) mass is 207 g/mol. The fourth-order valence-corrected chi connectivity index (χ4v) is 1.50. The molecule has 2 N–H and O–H groups in total. The minimum atomic E-state index is 0.219. The Hall–Kier alpha value is -1.25. The lowest BCUT2D eigenvalue weighted by molar-refractivity contribution is 0.330. The molecule has 0 aliphatic heterocycles. The highest BCUT2D eigenvalue weighted by molar-refractivity contribution is 5.63. The second-order valence-corrected chi connectivity index (χ2v) is 5.06. The summed E-state index contributed by atoms with van der Waals surface area (Å²) in [4.78, 5) is 6.28. The number of anilines is 2. The molecule has 0 saturated carbocycles. The molecule has 0 aliphatic carbocycles. The van der Waals surface area contributed by atoms with Crippen molar-refractivity contribution in [1.82, 2.24) is 4.98 Å². The van der Waals surface area contributed by atoms with Gasteiger partial charge in [-0.05, 0) is 24.5 Å². The van der Waals surface area contributed by atoms with Gasteiger partial charge in [0.1, 0.15) is 5.82 Å². The molecule has 84 valence electrons. The molecule has 1 unspecified atom stereocenters. The topological polar surface area (TPSA) is 42.2 Å². The summed E-state index contributed by atoms with van der Waals surface area (Å²) in [6.07, 6.45) is 1.72. The largest absolute Gasteiger partial charge is 0.382 e. The van der Waals surface area contributed by atoms with Crippen molar-refractivity contribution in [2.75, 3.05) is 17.7 Å². The van der Waals surface area contributed by atoms with E-state index >= 15 is 0 Å². The third-order valence-electron chi connectivity index (χ3n) is 3.03. The van der Waals surface area contributed by atoms with Crippen LogP contribution in [0.5, 0.6) is 0 Å². The van der Waals surface area contributed by atoms with Gasteiger partial charge in [-0.3, -0.25) is 0 Å². The van der Waals surface area contributed by atoms with Gasteiger partial charge in [-0.15, -0.1) is 0 Å². The van der Waals surface area contributed by atoms with Crippen LogP contribution in [0, 0.1) is 5.41 Å². The molecule has 0 saturated heterocycles. The summed E-state index contributed by atoms with van der Waals surface area (Å²) < 4.78 is 0. The second kappa shape index (κ2) is 4.09. The van der Waals surface area contributed by atoms with Gasteiger partial charge >= 0.3 is 0 Å². The summed E-state index contributed by atoms with van der Waals surface area (Å²) >= 11 is 0. The highest BCUT2D eigenvalue weighted by Gasteiger charge is 2.25. The Kier molecular flexibility index (Phi) is 3.22. The van der Waals surface area contributed by atoms with Crippen LogP contribution < -0.4 is 10.6 Å². The molecule has 3 heteroatoms. The van der Waals surface area contributed by atoms with Crippen molar-refractivity contribution in [3.05, 3.63) is 18.3 Å². The maximum absolute atomic E-state index is 5.85. The molecule has 0 aromatic carbocycles. The van der Waals surface area contributed by atoms with Gasteiger partial charge in [-0.1, -0.05) is 20.8 Å². The van der Waals surface area contributed by atoms with Crippen molar-refractivity contribution in [3.8, 4) is 0 Å². The molecule has 15 heavy (non-hydrogen) atoms. The molecule has 1 rings (SSSR count). The van der Waals surface area contributed by atoms with E-state index < -0.39 is 0 Å². The number of aromatic nitrogens is 1. The molecular weight excluding hydrogens is 186 g/mol. The van der Waals surface area contributed by atoms with Gasteiger partial charge in [0, 0.05) is 19.3 Å². The van der Waals surface area contributed by atoms with E-state index in [1.807, 2.05) is 12.1 Å². The van der Waals surface area contributed by atoms with Gasteiger partial charge in [-0.2, -0.15) is 0 Å². The first-order chi connectivity index (χ1) is 6.84. The Bertz CT molecular complexity index is 328. The molecule has 0 bridgehead atoms. The van der Waals surface area contributed by atoms with E-state index in [4.69, 9.17) is 5.73 Å². The fourth-order valence-electron chi connectivity index (χ4n) is 1.50. The van der Waals surface area contributed by atoms with Crippen LogP contribution in [0.1, 0.15) is 27.7 Å². The van der Waals surface area contributed by atoms with E-state index in [9.17, 15) is 0 Å². The predicted octanol–water partition coefficient (Wildman–Crippen LogP) is 2.53. The van der Waals surface area contributed by atoms with Crippen LogP contribution in [0.3, 0.4) is 0 Å². The van der Waals surface area contributed by atoms with E-state index in [-0.39, 0.29) is 5.41 Å². The quantitative estimate of drug-likeness (QED) is 0.810. The average molecular weight is 207 g/mol. The highest BCUT2D eigenvalue weighted by Crippen LogP contribution is 2.29. The zero-order valence-electron chi connectivity index (χ0n) is 10.3. The molecular formula is C12H21N3. The normalized spacial score (nSPS) is 13.7. The first-order valence-corrected chi connectivity index (χ1v) is 5.27. The van der Waals surface area contributed by atoms with Gasteiger partial charge in [0.25, 0.3) is 0 Å². The zero-order valence-corrected chi connectivity index (χ0v) is 10.3. The van der Waals surface area contributed by atoms with Crippen LogP contribution in [-0.4, -0.2) is 18.1 Å². The van der Waals surface area contributed by atoms with E-state index in [1.54, 1.807) is 6.20 Å². The Balaban J connectivity index is 2.95. The Morgan fingerprint density at radius 2 is 2.00 bits per heavy atom. The summed E-state index contributed by atoms with van der Waals surface area (Å²) in [5.74, 6) is 0.594. The van der Waals surface area contributed by atoms with Gasteiger partial charge in [0.05, 0.1) is 5.69 Å². The van der Waals surface area contributed by atoms with Crippen molar-refractivity contribution in [1.29, 1.82) is 0 Å². The summed E-state index contributed by atoms with van der Waals surface area (Å²) in [7, 11) is 2.06. The molecule has 0 fully saturated rings. The Morgan fingerprint density at radius 3 is 2.47 bits per heavy atom. The van der Waals surface area contributed by atoms with Crippen molar-refractivity contribution in [2.24, 2.45) is 5.41 Å². The predicted molar refractivity (Wildman–Crippen MR) is 66.0 cm³/mol. The lowest BCUT2D eigenvalue weighted by Gasteiger charge is -2.37. The minimum Gasteiger partial charge on any atom is -0.382 e. The smallest absolute Gasteiger partial charge is 0.146 e. The first kappa shape index (κ1) is 11.8. The Labute approximate surface area is 92.3 Å². The molecule has 1 aromatic heterocycles. The van der Waals surface area contributed by atoms with Crippen LogP contribution in [0.4, 0.5) is 11.5 Å². The highest BCUT2D eigenvalue weighted by atomic mass is 15.2. The number of nitrogens with zero attached hydrogens (tertiary/aromatic N) is 2. The maximum atomic E-state index is 5.85. The van der Waals surface area contributed by atoms with Crippen LogP contribution >= 0.6 is 0 Å². The number of rotatable bonds is 2. The van der Waals surface area contributed by atoms with Gasteiger partial charge in [-0.25, -0.2) is 4.98 Å². The summed E-state index contributed by atoms with van der Waals surface area (Å²) in [5, 5.41) is 0. The lowest BCUT2D eigenvalue weighted by atomic mass is 9.87. The molecule has 3 nitrogen and oxygen atoms in total. The summed E-state index contributed by atoms with van der Waals surface area (Å²) in [6.45, 7) is 8.87. The number of nitrogen functional groups attached to an aromatic ring is 1. The number of pyridine rings is 1. The molecule has 0 radical (unpaired) electrons. The molecule has 1 heterocycles. The number of nitrogens with two attached hydrogens (primary N) is 1. The van der Waals surface area contributed by atoms with Crippen molar-refractivity contribution < 1.29 is 0 Å². The third-order valence-corrected chi connectivity index (χ3v) is 3.03. The van der Waals surface area contributed by atoms with Crippen LogP contribution in [0.15, 0.2) is 18.3 Å².